The second kappa shape index (κ2) is 8.51. The van der Waals surface area contributed by atoms with Gasteiger partial charge in [-0.3, -0.25) is 4.90 Å². The smallest absolute Gasteiger partial charge is 0.314 e. The van der Waals surface area contributed by atoms with Crippen molar-refractivity contribution in [2.24, 2.45) is 5.92 Å². The number of carbonyl (C=O) groups is 1. The number of nitrogens with one attached hydrogen (secondary N) is 2. The number of nitrogens with zero attached hydrogens (tertiary/aromatic N) is 2. The number of urea groups is 1. The summed E-state index contributed by atoms with van der Waals surface area (Å²) in [5.74, 6) is 1.84. The summed E-state index contributed by atoms with van der Waals surface area (Å²) in [6, 6.07) is 0.272. The molecule has 2 atom stereocenters. The van der Waals surface area contributed by atoms with Gasteiger partial charge in [-0.05, 0) is 52.6 Å². The molecule has 2 rings (SSSR count). The van der Waals surface area contributed by atoms with Gasteiger partial charge in [-0.1, -0.05) is 19.0 Å². The summed E-state index contributed by atoms with van der Waals surface area (Å²) >= 11 is 0. The average molecular weight is 336 g/mol. The minimum absolute atomic E-state index is 0.106. The van der Waals surface area contributed by atoms with E-state index < -0.39 is 0 Å². The van der Waals surface area contributed by atoms with Crippen LogP contribution >= 0.6 is 0 Å². The van der Waals surface area contributed by atoms with Crippen molar-refractivity contribution in [1.29, 1.82) is 0 Å². The summed E-state index contributed by atoms with van der Waals surface area (Å²) < 4.78 is 5.19. The summed E-state index contributed by atoms with van der Waals surface area (Å²) in [7, 11) is 0. The zero-order valence-corrected chi connectivity index (χ0v) is 15.7. The topological polar surface area (TPSA) is 70.4 Å². The number of piperidine rings is 1. The number of carbonyl (C=O) groups excluding carboxylic acids is 1. The van der Waals surface area contributed by atoms with Gasteiger partial charge in [0.05, 0.1) is 5.69 Å². The molecule has 6 heteroatoms. The number of likely N-dealkylation sites (tertiary alicyclic amines) is 1. The summed E-state index contributed by atoms with van der Waals surface area (Å²) in [5.41, 5.74) is 1.99. The molecule has 0 unspecified atom stereocenters. The van der Waals surface area contributed by atoms with Crippen LogP contribution in [0.5, 0.6) is 0 Å². The Morgan fingerprint density at radius 1 is 1.25 bits per heavy atom. The molecule has 1 aliphatic rings. The van der Waals surface area contributed by atoms with Crippen LogP contribution in [-0.2, 0) is 0 Å². The Kier molecular flexibility index (Phi) is 6.66. The van der Waals surface area contributed by atoms with Crippen LogP contribution in [0.2, 0.25) is 0 Å². The molecule has 0 radical (unpaired) electrons. The van der Waals surface area contributed by atoms with Gasteiger partial charge in [0, 0.05) is 30.6 Å². The van der Waals surface area contributed by atoms with E-state index in [1.807, 2.05) is 13.8 Å². The largest absolute Gasteiger partial charge is 0.361 e. The van der Waals surface area contributed by atoms with Gasteiger partial charge in [0.2, 0.25) is 0 Å². The Bertz CT molecular complexity index is 516. The first-order valence-electron chi connectivity index (χ1n) is 9.07. The van der Waals surface area contributed by atoms with Gasteiger partial charge in [-0.2, -0.15) is 0 Å². The van der Waals surface area contributed by atoms with Gasteiger partial charge in [0.15, 0.2) is 0 Å². The third-order valence-electron chi connectivity index (χ3n) is 5.15. The number of rotatable bonds is 6. The Balaban J connectivity index is 1.70. The van der Waals surface area contributed by atoms with Crippen LogP contribution < -0.4 is 10.6 Å². The van der Waals surface area contributed by atoms with E-state index >= 15 is 0 Å². The van der Waals surface area contributed by atoms with Gasteiger partial charge < -0.3 is 15.2 Å². The minimum atomic E-state index is -0.106. The van der Waals surface area contributed by atoms with Crippen molar-refractivity contribution in [3.05, 3.63) is 17.0 Å². The number of hydrogen-bond donors (Lipinski definition) is 2. The van der Waals surface area contributed by atoms with Crippen molar-refractivity contribution in [3.8, 4) is 0 Å². The van der Waals surface area contributed by atoms with E-state index in [1.54, 1.807) is 0 Å². The minimum Gasteiger partial charge on any atom is -0.361 e. The molecule has 0 aromatic carbocycles. The fraction of sp³-hybridized carbons (Fsp3) is 0.778. The number of aryl methyl sites for hydroxylation is 2. The van der Waals surface area contributed by atoms with Crippen molar-refractivity contribution in [3.63, 3.8) is 0 Å². The maximum absolute atomic E-state index is 12.0. The Morgan fingerprint density at radius 3 is 2.46 bits per heavy atom. The third-order valence-corrected chi connectivity index (χ3v) is 5.15. The Hall–Kier alpha value is -1.56. The molecule has 2 N–H and O–H groups in total. The van der Waals surface area contributed by atoms with Crippen molar-refractivity contribution < 1.29 is 9.32 Å². The molecule has 0 spiro atoms. The molecular weight excluding hydrogens is 304 g/mol. The summed E-state index contributed by atoms with van der Waals surface area (Å²) in [6.45, 7) is 13.9. The number of aromatic nitrogens is 1. The number of hydrogen-bond acceptors (Lipinski definition) is 4. The van der Waals surface area contributed by atoms with Crippen molar-refractivity contribution >= 4 is 6.03 Å². The van der Waals surface area contributed by atoms with Crippen LogP contribution in [-0.4, -0.2) is 48.3 Å². The highest BCUT2D eigenvalue weighted by molar-refractivity contribution is 5.73. The maximum Gasteiger partial charge on any atom is 0.314 e. The third kappa shape index (κ3) is 4.97. The van der Waals surface area contributed by atoms with E-state index in [-0.39, 0.29) is 11.9 Å². The first-order valence-corrected chi connectivity index (χ1v) is 9.07. The summed E-state index contributed by atoms with van der Waals surface area (Å²) in [6.07, 6.45) is 2.51. The SMILES string of the molecule is Cc1noc(C)c1[C@@H](C)CNC(=O)NC[C@H](C)N1CCC(C)CC1. The Morgan fingerprint density at radius 2 is 1.88 bits per heavy atom. The first-order chi connectivity index (χ1) is 11.4. The van der Waals surface area contributed by atoms with Gasteiger partial charge in [-0.25, -0.2) is 4.79 Å². The van der Waals surface area contributed by atoms with Crippen molar-refractivity contribution in [2.75, 3.05) is 26.2 Å². The lowest BCUT2D eigenvalue weighted by molar-refractivity contribution is 0.145. The van der Waals surface area contributed by atoms with Crippen molar-refractivity contribution in [1.82, 2.24) is 20.7 Å². The highest BCUT2D eigenvalue weighted by Crippen LogP contribution is 2.22. The van der Waals surface area contributed by atoms with Gasteiger partial charge in [0.1, 0.15) is 5.76 Å². The quantitative estimate of drug-likeness (QED) is 0.838. The van der Waals surface area contributed by atoms with Crippen LogP contribution in [0, 0.1) is 19.8 Å². The van der Waals surface area contributed by atoms with Crippen LogP contribution in [0.1, 0.15) is 56.5 Å². The lowest BCUT2D eigenvalue weighted by atomic mass is 9.98. The highest BCUT2D eigenvalue weighted by Gasteiger charge is 2.21. The molecular formula is C18H32N4O2. The fourth-order valence-corrected chi connectivity index (χ4v) is 3.44. The summed E-state index contributed by atoms with van der Waals surface area (Å²) in [4.78, 5) is 14.5. The van der Waals surface area contributed by atoms with E-state index in [0.717, 1.165) is 36.0 Å². The van der Waals surface area contributed by atoms with E-state index in [9.17, 15) is 4.79 Å². The molecule has 0 aliphatic carbocycles. The number of amides is 2. The van der Waals surface area contributed by atoms with Gasteiger partial charge >= 0.3 is 6.03 Å². The normalized spacial score (nSPS) is 19.0. The predicted molar refractivity (Wildman–Crippen MR) is 95.2 cm³/mol. The zero-order chi connectivity index (χ0) is 17.7. The van der Waals surface area contributed by atoms with Crippen LogP contribution in [0.4, 0.5) is 4.79 Å². The molecule has 6 nitrogen and oxygen atoms in total. The Labute approximate surface area is 145 Å². The van der Waals surface area contributed by atoms with E-state index in [1.165, 1.54) is 12.8 Å². The van der Waals surface area contributed by atoms with Crippen LogP contribution in [0.3, 0.4) is 0 Å². The molecule has 1 saturated heterocycles. The lowest BCUT2D eigenvalue weighted by Crippen LogP contribution is -2.47. The lowest BCUT2D eigenvalue weighted by Gasteiger charge is -2.35. The van der Waals surface area contributed by atoms with E-state index in [4.69, 9.17) is 4.52 Å². The van der Waals surface area contributed by atoms with Crippen LogP contribution in [0.15, 0.2) is 4.52 Å². The predicted octanol–water partition coefficient (Wildman–Crippen LogP) is 2.81. The monoisotopic (exact) mass is 336 g/mol. The molecule has 0 saturated carbocycles. The molecule has 1 aliphatic heterocycles. The second-order valence-electron chi connectivity index (χ2n) is 7.30. The van der Waals surface area contributed by atoms with E-state index in [0.29, 0.717) is 19.1 Å². The molecule has 2 amide bonds. The highest BCUT2D eigenvalue weighted by atomic mass is 16.5. The zero-order valence-electron chi connectivity index (χ0n) is 15.7. The van der Waals surface area contributed by atoms with Gasteiger partial charge in [0.25, 0.3) is 0 Å². The van der Waals surface area contributed by atoms with Gasteiger partial charge in [-0.15, -0.1) is 0 Å². The molecule has 0 bridgehead atoms. The van der Waals surface area contributed by atoms with Crippen molar-refractivity contribution in [2.45, 2.75) is 59.4 Å². The van der Waals surface area contributed by atoms with Crippen LogP contribution in [0.25, 0.3) is 0 Å². The molecule has 2 heterocycles. The molecule has 1 aromatic rings. The molecule has 24 heavy (non-hydrogen) atoms. The first kappa shape index (κ1) is 18.8. The average Bonchev–Trinajstić information content (AvgIpc) is 2.89. The summed E-state index contributed by atoms with van der Waals surface area (Å²) in [5, 5.41) is 9.91. The molecule has 136 valence electrons. The molecule has 1 aromatic heterocycles. The molecule has 1 fully saturated rings. The van der Waals surface area contributed by atoms with E-state index in [2.05, 4.69) is 41.5 Å². The second-order valence-corrected chi connectivity index (χ2v) is 7.30. The standard InChI is InChI=1S/C18H32N4O2/c1-12-6-8-22(9-7-12)14(3)11-20-18(23)19-10-13(2)17-15(4)21-24-16(17)5/h12-14H,6-11H2,1-5H3,(H2,19,20,23)/t13-,14-/m0/s1. The maximum atomic E-state index is 12.0. The fourth-order valence-electron chi connectivity index (χ4n) is 3.44.